The van der Waals surface area contributed by atoms with Crippen molar-refractivity contribution in [1.29, 1.82) is 0 Å². The highest BCUT2D eigenvalue weighted by molar-refractivity contribution is 6.31. The van der Waals surface area contributed by atoms with Crippen molar-refractivity contribution in [2.75, 3.05) is 10.6 Å². The summed E-state index contributed by atoms with van der Waals surface area (Å²) in [6.07, 6.45) is -4.53. The third-order valence-electron chi connectivity index (χ3n) is 3.17. The van der Waals surface area contributed by atoms with Crippen molar-refractivity contribution in [3.63, 3.8) is 0 Å². The lowest BCUT2D eigenvalue weighted by Crippen LogP contribution is -2.25. The fourth-order valence-electron chi connectivity index (χ4n) is 2.12. The van der Waals surface area contributed by atoms with E-state index in [1.165, 1.54) is 6.07 Å². The smallest absolute Gasteiger partial charge is 0.325 e. The molecule has 1 heterocycles. The number of H-pyrrole nitrogens is 1. The van der Waals surface area contributed by atoms with Crippen LogP contribution in [-0.4, -0.2) is 22.1 Å². The number of carbonyl (C=O) groups excluding carboxylic acids is 1. The fraction of sp³-hybridized carbons (Fsp3) is 0.353. The van der Waals surface area contributed by atoms with E-state index in [4.69, 9.17) is 11.6 Å². The highest BCUT2D eigenvalue weighted by Gasteiger charge is 2.33. The molecule has 0 aliphatic rings. The van der Waals surface area contributed by atoms with Gasteiger partial charge in [-0.25, -0.2) is 4.39 Å². The molecule has 28 heavy (non-hydrogen) atoms. The first-order valence-corrected chi connectivity index (χ1v) is 8.44. The molecule has 11 heteroatoms. The quantitative estimate of drug-likeness (QED) is 0.369. The van der Waals surface area contributed by atoms with Crippen LogP contribution < -0.4 is 10.6 Å². The van der Waals surface area contributed by atoms with Gasteiger partial charge in [-0.2, -0.15) is 23.3 Å². The van der Waals surface area contributed by atoms with E-state index in [2.05, 4.69) is 20.7 Å². The fourth-order valence-corrected chi connectivity index (χ4v) is 2.34. The number of nitrogens with zero attached hydrogens (tertiary/aromatic N) is 2. The van der Waals surface area contributed by atoms with E-state index in [1.807, 2.05) is 25.9 Å². The molecule has 6 nitrogen and oxygen atoms in total. The van der Waals surface area contributed by atoms with Crippen molar-refractivity contribution in [2.45, 2.75) is 33.4 Å². The molecule has 0 radical (unpaired) electrons. The number of benzene rings is 1. The number of amides is 1. The number of anilines is 2. The summed E-state index contributed by atoms with van der Waals surface area (Å²) in [7, 11) is 0. The minimum absolute atomic E-state index is 0.0815. The number of aromatic nitrogens is 2. The topological polar surface area (TPSA) is 82.2 Å². The first-order valence-electron chi connectivity index (χ1n) is 8.06. The molecule has 152 valence electrons. The molecule has 0 saturated carbocycles. The van der Waals surface area contributed by atoms with E-state index in [9.17, 15) is 22.4 Å². The number of alkyl halides is 3. The van der Waals surface area contributed by atoms with Gasteiger partial charge in [-0.05, 0) is 23.6 Å². The van der Waals surface area contributed by atoms with E-state index >= 15 is 0 Å². The predicted octanol–water partition coefficient (Wildman–Crippen LogP) is 5.06. The number of aromatic amines is 1. The zero-order valence-corrected chi connectivity index (χ0v) is 16.0. The number of carbonyl (C=O) groups is 1. The zero-order chi connectivity index (χ0) is 21.1. The van der Waals surface area contributed by atoms with Crippen LogP contribution in [-0.2, 0) is 11.0 Å². The largest absolute Gasteiger partial charge is 0.432 e. The second-order valence-corrected chi connectivity index (χ2v) is 7.60. The van der Waals surface area contributed by atoms with Crippen LogP contribution in [0.2, 0.25) is 5.02 Å². The third-order valence-corrected chi connectivity index (χ3v) is 3.39. The number of guanidine groups is 1. The van der Waals surface area contributed by atoms with E-state index < -0.39 is 23.6 Å². The van der Waals surface area contributed by atoms with Crippen LogP contribution in [0.3, 0.4) is 0 Å². The maximum Gasteiger partial charge on any atom is 0.432 e. The van der Waals surface area contributed by atoms with Crippen molar-refractivity contribution < 1.29 is 22.4 Å². The number of hydrogen-bond donors (Lipinski definition) is 3. The molecule has 2 rings (SSSR count). The Labute approximate surface area is 163 Å². The highest BCUT2D eigenvalue weighted by Crippen LogP contribution is 2.29. The van der Waals surface area contributed by atoms with Gasteiger partial charge in [0.2, 0.25) is 11.9 Å². The summed E-state index contributed by atoms with van der Waals surface area (Å²) >= 11 is 5.79. The summed E-state index contributed by atoms with van der Waals surface area (Å²) < 4.78 is 51.7. The molecular weight excluding hydrogens is 402 g/mol. The van der Waals surface area contributed by atoms with Crippen LogP contribution >= 0.6 is 11.6 Å². The average Bonchev–Trinajstić information content (AvgIpc) is 2.92. The Balaban J connectivity index is 2.30. The molecule has 0 unspecified atom stereocenters. The SMILES string of the molecule is CC(C)(C)CC(=O)/N=C(/Nc1cc(F)cc(Cl)c1)Nc1cc(C(F)(F)F)[nH]n1. The Kier molecular flexibility index (Phi) is 6.33. The zero-order valence-electron chi connectivity index (χ0n) is 15.2. The standard InChI is InChI=1S/C17H18ClF4N5O/c1-16(2,3)8-14(28)25-15(23-11-5-9(18)4-10(19)6-11)24-13-7-12(26-27-13)17(20,21)22/h4-7H,8H2,1-3H3,(H3,23,24,25,26,27,28). The summed E-state index contributed by atoms with van der Waals surface area (Å²) in [6, 6.07) is 4.24. The highest BCUT2D eigenvalue weighted by atomic mass is 35.5. The molecule has 0 saturated heterocycles. The molecule has 1 aromatic heterocycles. The summed E-state index contributed by atoms with van der Waals surface area (Å²) in [5.41, 5.74) is -1.29. The lowest BCUT2D eigenvalue weighted by Gasteiger charge is -2.16. The van der Waals surface area contributed by atoms with Gasteiger partial charge < -0.3 is 10.6 Å². The van der Waals surface area contributed by atoms with Gasteiger partial charge in [-0.15, -0.1) is 0 Å². The molecule has 0 atom stereocenters. The number of halogens is 5. The Hall–Kier alpha value is -2.62. The minimum atomic E-state index is -4.62. The van der Waals surface area contributed by atoms with E-state index in [-0.39, 0.29) is 34.3 Å². The van der Waals surface area contributed by atoms with Crippen molar-refractivity contribution in [1.82, 2.24) is 10.2 Å². The molecule has 0 fully saturated rings. The molecule has 0 bridgehead atoms. The van der Waals surface area contributed by atoms with Crippen LogP contribution in [0.5, 0.6) is 0 Å². The Morgan fingerprint density at radius 3 is 2.39 bits per heavy atom. The summed E-state index contributed by atoms with van der Waals surface area (Å²) in [4.78, 5) is 16.0. The number of aliphatic imine (C=N–C) groups is 1. The van der Waals surface area contributed by atoms with Crippen LogP contribution in [0.4, 0.5) is 29.1 Å². The van der Waals surface area contributed by atoms with E-state index in [1.54, 1.807) is 0 Å². The van der Waals surface area contributed by atoms with Gasteiger partial charge in [0.15, 0.2) is 5.82 Å². The Morgan fingerprint density at radius 2 is 1.86 bits per heavy atom. The Bertz CT molecular complexity index is 866. The molecule has 1 aromatic carbocycles. The third kappa shape index (κ3) is 6.84. The number of hydrogen-bond acceptors (Lipinski definition) is 2. The molecule has 1 amide bonds. The van der Waals surface area contributed by atoms with Crippen LogP contribution in [0.1, 0.15) is 32.9 Å². The lowest BCUT2D eigenvalue weighted by atomic mass is 9.92. The van der Waals surface area contributed by atoms with Gasteiger partial charge in [-0.1, -0.05) is 32.4 Å². The molecule has 0 spiro atoms. The molecule has 2 aromatic rings. The monoisotopic (exact) mass is 419 g/mol. The molecule has 0 aliphatic heterocycles. The van der Waals surface area contributed by atoms with Gasteiger partial charge in [0.1, 0.15) is 11.5 Å². The van der Waals surface area contributed by atoms with Gasteiger partial charge in [-0.3, -0.25) is 9.89 Å². The second-order valence-electron chi connectivity index (χ2n) is 7.16. The van der Waals surface area contributed by atoms with Crippen molar-refractivity contribution >= 4 is 35.0 Å². The van der Waals surface area contributed by atoms with Gasteiger partial charge in [0, 0.05) is 23.2 Å². The summed E-state index contributed by atoms with van der Waals surface area (Å²) in [5.74, 6) is -1.63. The Morgan fingerprint density at radius 1 is 1.18 bits per heavy atom. The van der Waals surface area contributed by atoms with Crippen molar-refractivity contribution in [3.8, 4) is 0 Å². The first kappa shape index (κ1) is 21.7. The number of nitrogens with one attached hydrogen (secondary N) is 3. The van der Waals surface area contributed by atoms with Gasteiger partial charge in [0.05, 0.1) is 0 Å². The van der Waals surface area contributed by atoms with E-state index in [0.717, 1.165) is 12.1 Å². The predicted molar refractivity (Wildman–Crippen MR) is 98.8 cm³/mol. The average molecular weight is 420 g/mol. The first-order chi connectivity index (χ1) is 12.8. The van der Waals surface area contributed by atoms with Gasteiger partial charge in [0.25, 0.3) is 0 Å². The van der Waals surface area contributed by atoms with E-state index in [0.29, 0.717) is 6.07 Å². The second kappa shape index (κ2) is 8.17. The maximum atomic E-state index is 13.5. The summed E-state index contributed by atoms with van der Waals surface area (Å²) in [5, 5.41) is 10.5. The normalized spacial score (nSPS) is 12.8. The van der Waals surface area contributed by atoms with Crippen molar-refractivity contribution in [3.05, 3.63) is 40.8 Å². The molecule has 0 aliphatic carbocycles. The van der Waals surface area contributed by atoms with Crippen LogP contribution in [0.15, 0.2) is 29.3 Å². The van der Waals surface area contributed by atoms with Crippen LogP contribution in [0, 0.1) is 11.2 Å². The van der Waals surface area contributed by atoms with Gasteiger partial charge >= 0.3 is 6.18 Å². The van der Waals surface area contributed by atoms with Crippen molar-refractivity contribution in [2.24, 2.45) is 10.4 Å². The number of rotatable bonds is 3. The van der Waals surface area contributed by atoms with Crippen LogP contribution in [0.25, 0.3) is 0 Å². The molecular formula is C17H18ClF4N5O. The molecule has 3 N–H and O–H groups in total. The maximum absolute atomic E-state index is 13.5. The summed E-state index contributed by atoms with van der Waals surface area (Å²) in [6.45, 7) is 5.49. The lowest BCUT2D eigenvalue weighted by molar-refractivity contribution is -0.141. The minimum Gasteiger partial charge on any atom is -0.325 e.